The van der Waals surface area contributed by atoms with Gasteiger partial charge in [-0.15, -0.1) is 0 Å². The Hall–Kier alpha value is -2.94. The molecule has 2 aliphatic heterocycles. The lowest BCUT2D eigenvalue weighted by Gasteiger charge is -2.29. The number of rotatable bonds is 5. The molecule has 1 amide bonds. The SMILES string of the molecule is CCc1cccc2c(C3=CCN(C(=O)c4ccccc4S(=O)(=O)N4CCOCC4)CC3)c[nH]c12. The summed E-state index contributed by atoms with van der Waals surface area (Å²) in [4.78, 5) is 18.6. The first kappa shape index (κ1) is 22.8. The summed E-state index contributed by atoms with van der Waals surface area (Å²) >= 11 is 0. The van der Waals surface area contributed by atoms with Crippen LogP contribution in [0.2, 0.25) is 0 Å². The van der Waals surface area contributed by atoms with Crippen molar-refractivity contribution in [3.8, 4) is 0 Å². The average Bonchev–Trinajstić information content (AvgIpc) is 3.33. The number of aryl methyl sites for hydroxylation is 1. The lowest BCUT2D eigenvalue weighted by Crippen LogP contribution is -2.42. The van der Waals surface area contributed by atoms with Crippen LogP contribution in [0, 0.1) is 0 Å². The molecule has 0 bridgehead atoms. The second kappa shape index (κ2) is 9.37. The standard InChI is InChI=1S/C26H29N3O4S/c1-2-19-6-5-8-21-23(18-27-25(19)21)20-10-12-28(13-11-20)26(30)22-7-3-4-9-24(22)34(31,32)29-14-16-33-17-15-29/h3-10,18,27H,2,11-17H2,1H3. The largest absolute Gasteiger partial charge is 0.379 e. The summed E-state index contributed by atoms with van der Waals surface area (Å²) < 4.78 is 33.2. The molecule has 3 aromatic rings. The third-order valence-electron chi connectivity index (χ3n) is 6.73. The molecule has 0 spiro atoms. The van der Waals surface area contributed by atoms with Crippen molar-refractivity contribution in [3.63, 3.8) is 0 Å². The van der Waals surface area contributed by atoms with E-state index in [9.17, 15) is 13.2 Å². The van der Waals surface area contributed by atoms with Crippen LogP contribution in [0.4, 0.5) is 0 Å². The Kier molecular flexibility index (Phi) is 6.29. The van der Waals surface area contributed by atoms with Gasteiger partial charge in [-0.3, -0.25) is 4.79 Å². The molecule has 1 fully saturated rings. The van der Waals surface area contributed by atoms with Gasteiger partial charge >= 0.3 is 0 Å². The van der Waals surface area contributed by atoms with Crippen molar-refractivity contribution in [1.82, 2.24) is 14.2 Å². The van der Waals surface area contributed by atoms with E-state index in [4.69, 9.17) is 4.74 Å². The van der Waals surface area contributed by atoms with Crippen LogP contribution < -0.4 is 0 Å². The minimum absolute atomic E-state index is 0.0698. The van der Waals surface area contributed by atoms with Gasteiger partial charge in [0, 0.05) is 48.8 Å². The molecule has 3 heterocycles. The highest BCUT2D eigenvalue weighted by Gasteiger charge is 2.32. The predicted molar refractivity (Wildman–Crippen MR) is 132 cm³/mol. The van der Waals surface area contributed by atoms with Gasteiger partial charge in [0.05, 0.1) is 23.7 Å². The summed E-state index contributed by atoms with van der Waals surface area (Å²) in [5.74, 6) is -0.255. The van der Waals surface area contributed by atoms with Gasteiger partial charge in [0.15, 0.2) is 0 Å². The number of amides is 1. The topological polar surface area (TPSA) is 82.7 Å². The summed E-state index contributed by atoms with van der Waals surface area (Å²) in [5, 5.41) is 1.20. The fourth-order valence-corrected chi connectivity index (χ4v) is 6.43. The van der Waals surface area contributed by atoms with Crippen molar-refractivity contribution in [3.05, 3.63) is 71.4 Å². The van der Waals surface area contributed by atoms with E-state index in [0.717, 1.165) is 6.42 Å². The second-order valence-electron chi connectivity index (χ2n) is 8.64. The van der Waals surface area contributed by atoms with Crippen LogP contribution in [0.25, 0.3) is 16.5 Å². The van der Waals surface area contributed by atoms with Crippen molar-refractivity contribution in [1.29, 1.82) is 0 Å². The average molecular weight is 480 g/mol. The fraction of sp³-hybridized carbons (Fsp3) is 0.346. The maximum absolute atomic E-state index is 13.4. The minimum Gasteiger partial charge on any atom is -0.379 e. The fourth-order valence-electron chi connectivity index (χ4n) is 4.84. The lowest BCUT2D eigenvalue weighted by atomic mass is 9.97. The summed E-state index contributed by atoms with van der Waals surface area (Å²) in [5.41, 5.74) is 5.06. The van der Waals surface area contributed by atoms with E-state index in [0.29, 0.717) is 45.8 Å². The molecule has 2 aromatic carbocycles. The first-order valence-corrected chi connectivity index (χ1v) is 13.2. The van der Waals surface area contributed by atoms with Crippen LogP contribution >= 0.6 is 0 Å². The number of ether oxygens (including phenoxy) is 1. The lowest BCUT2D eigenvalue weighted by molar-refractivity contribution is 0.0726. The van der Waals surface area contributed by atoms with Gasteiger partial charge < -0.3 is 14.6 Å². The van der Waals surface area contributed by atoms with Crippen LogP contribution in [0.5, 0.6) is 0 Å². The number of hydrogen-bond acceptors (Lipinski definition) is 4. The molecular weight excluding hydrogens is 450 g/mol. The molecule has 0 atom stereocenters. The number of carbonyl (C=O) groups excluding carboxylic acids is 1. The van der Waals surface area contributed by atoms with E-state index in [2.05, 4.69) is 42.4 Å². The maximum Gasteiger partial charge on any atom is 0.255 e. The smallest absolute Gasteiger partial charge is 0.255 e. The highest BCUT2D eigenvalue weighted by molar-refractivity contribution is 7.89. The third kappa shape index (κ3) is 4.06. The number of carbonyl (C=O) groups is 1. The quantitative estimate of drug-likeness (QED) is 0.605. The highest BCUT2D eigenvalue weighted by atomic mass is 32.2. The Morgan fingerprint density at radius 3 is 2.59 bits per heavy atom. The van der Waals surface area contributed by atoms with Crippen molar-refractivity contribution in [2.75, 3.05) is 39.4 Å². The number of morpholine rings is 1. The number of nitrogens with one attached hydrogen (secondary N) is 1. The van der Waals surface area contributed by atoms with Gasteiger partial charge in [-0.2, -0.15) is 4.31 Å². The van der Waals surface area contributed by atoms with E-state index in [-0.39, 0.29) is 16.4 Å². The number of H-pyrrole nitrogens is 1. The molecule has 1 saturated heterocycles. The van der Waals surface area contributed by atoms with Crippen molar-refractivity contribution >= 4 is 32.4 Å². The summed E-state index contributed by atoms with van der Waals surface area (Å²) in [6.07, 6.45) is 5.82. The number of nitrogens with zero attached hydrogens (tertiary/aromatic N) is 2. The number of sulfonamides is 1. The van der Waals surface area contributed by atoms with Gasteiger partial charge in [0.2, 0.25) is 10.0 Å². The molecule has 1 aromatic heterocycles. The summed E-state index contributed by atoms with van der Waals surface area (Å²) in [6.45, 7) is 4.45. The zero-order valence-electron chi connectivity index (χ0n) is 19.3. The number of para-hydroxylation sites is 1. The van der Waals surface area contributed by atoms with E-state index in [1.807, 2.05) is 0 Å². The highest BCUT2D eigenvalue weighted by Crippen LogP contribution is 2.32. The number of benzene rings is 2. The van der Waals surface area contributed by atoms with Gasteiger partial charge in [0.25, 0.3) is 5.91 Å². The molecule has 0 aliphatic carbocycles. The normalized spacial score (nSPS) is 17.7. The third-order valence-corrected chi connectivity index (χ3v) is 8.69. The first-order valence-electron chi connectivity index (χ1n) is 11.7. The van der Waals surface area contributed by atoms with Crippen LogP contribution in [-0.2, 0) is 21.2 Å². The van der Waals surface area contributed by atoms with Crippen LogP contribution in [0.15, 0.2) is 59.6 Å². The number of hydrogen-bond donors (Lipinski definition) is 1. The number of fused-ring (bicyclic) bond motifs is 1. The zero-order chi connectivity index (χ0) is 23.7. The molecule has 0 saturated carbocycles. The van der Waals surface area contributed by atoms with Crippen molar-refractivity contribution in [2.24, 2.45) is 0 Å². The van der Waals surface area contributed by atoms with Gasteiger partial charge in [-0.25, -0.2) is 8.42 Å². The molecule has 0 radical (unpaired) electrons. The number of aromatic nitrogens is 1. The Morgan fingerprint density at radius 2 is 1.85 bits per heavy atom. The van der Waals surface area contributed by atoms with E-state index in [1.54, 1.807) is 23.1 Å². The monoisotopic (exact) mass is 479 g/mol. The maximum atomic E-state index is 13.4. The molecule has 7 nitrogen and oxygen atoms in total. The molecule has 34 heavy (non-hydrogen) atoms. The zero-order valence-corrected chi connectivity index (χ0v) is 20.1. The van der Waals surface area contributed by atoms with Crippen LogP contribution in [-0.4, -0.2) is 67.9 Å². The Bertz CT molecular complexity index is 1350. The van der Waals surface area contributed by atoms with Crippen LogP contribution in [0.1, 0.15) is 34.8 Å². The van der Waals surface area contributed by atoms with E-state index in [1.165, 1.54) is 38.0 Å². The Labute approximate surface area is 200 Å². The minimum atomic E-state index is -3.77. The van der Waals surface area contributed by atoms with Crippen molar-refractivity contribution in [2.45, 2.75) is 24.7 Å². The van der Waals surface area contributed by atoms with Gasteiger partial charge in [0.1, 0.15) is 0 Å². The molecular formula is C26H29N3O4S. The summed E-state index contributed by atoms with van der Waals surface area (Å²) in [7, 11) is -3.77. The van der Waals surface area contributed by atoms with Crippen LogP contribution in [0.3, 0.4) is 0 Å². The van der Waals surface area contributed by atoms with Gasteiger partial charge in [-0.1, -0.05) is 43.3 Å². The van der Waals surface area contributed by atoms with E-state index >= 15 is 0 Å². The molecule has 8 heteroatoms. The van der Waals surface area contributed by atoms with Crippen molar-refractivity contribution < 1.29 is 17.9 Å². The first-order chi connectivity index (χ1) is 16.5. The van der Waals surface area contributed by atoms with Gasteiger partial charge in [-0.05, 0) is 36.1 Å². The Morgan fingerprint density at radius 1 is 1.06 bits per heavy atom. The summed E-state index contributed by atoms with van der Waals surface area (Å²) in [6, 6.07) is 12.9. The molecule has 178 valence electrons. The second-order valence-corrected chi connectivity index (χ2v) is 10.5. The predicted octanol–water partition coefficient (Wildman–Crippen LogP) is 3.68. The molecule has 2 aliphatic rings. The molecule has 1 N–H and O–H groups in total. The number of aromatic amines is 1. The Balaban J connectivity index is 1.39. The molecule has 5 rings (SSSR count). The molecule has 0 unspecified atom stereocenters. The van der Waals surface area contributed by atoms with E-state index < -0.39 is 10.0 Å².